The lowest BCUT2D eigenvalue weighted by Crippen LogP contribution is -2.44. The van der Waals surface area contributed by atoms with Crippen LogP contribution >= 0.6 is 0 Å². The fourth-order valence-corrected chi connectivity index (χ4v) is 2.88. The van der Waals surface area contributed by atoms with Crippen LogP contribution < -0.4 is 10.6 Å². The number of nitrogens with one attached hydrogen (secondary N) is 2. The second-order valence-corrected chi connectivity index (χ2v) is 5.70. The van der Waals surface area contributed by atoms with E-state index in [1.807, 2.05) is 0 Å². The second kappa shape index (κ2) is 5.88. The van der Waals surface area contributed by atoms with Gasteiger partial charge in [-0.25, -0.2) is 4.68 Å². The Morgan fingerprint density at radius 2 is 2.25 bits per heavy atom. The van der Waals surface area contributed by atoms with Crippen LogP contribution in [0.1, 0.15) is 42.2 Å². The van der Waals surface area contributed by atoms with Crippen LogP contribution in [0, 0.1) is 5.92 Å². The van der Waals surface area contributed by atoms with E-state index in [9.17, 15) is 9.90 Å². The summed E-state index contributed by atoms with van der Waals surface area (Å²) in [4.78, 5) is 12.2. The van der Waals surface area contributed by atoms with E-state index < -0.39 is 0 Å². The Kier molecular flexibility index (Phi) is 3.98. The van der Waals surface area contributed by atoms with E-state index in [1.165, 1.54) is 0 Å². The van der Waals surface area contributed by atoms with E-state index in [2.05, 4.69) is 20.9 Å². The Morgan fingerprint density at radius 1 is 1.45 bits per heavy atom. The minimum absolute atomic E-state index is 0.0526. The minimum atomic E-state index is -0.186. The maximum absolute atomic E-state index is 12.2. The van der Waals surface area contributed by atoms with Gasteiger partial charge in [-0.2, -0.15) is 0 Å². The highest BCUT2D eigenvalue weighted by atomic mass is 16.3. The highest BCUT2D eigenvalue weighted by Crippen LogP contribution is 2.24. The standard InChI is InChI=1S/C13H21N5O2/c19-8-9-3-1-2-4-11(9)15-13(20)12-7-18(17-16-12)10-5-14-6-10/h7,9-11,14,19H,1-6,8H2,(H,15,20). The number of aliphatic hydroxyl groups is 1. The first-order chi connectivity index (χ1) is 9.78. The summed E-state index contributed by atoms with van der Waals surface area (Å²) in [6.07, 6.45) is 5.83. The number of carbonyl (C=O) groups is 1. The number of carbonyl (C=O) groups excluding carboxylic acids is 1. The summed E-state index contributed by atoms with van der Waals surface area (Å²) in [5, 5.41) is 23.5. The maximum Gasteiger partial charge on any atom is 0.273 e. The number of aromatic nitrogens is 3. The summed E-state index contributed by atoms with van der Waals surface area (Å²) in [6, 6.07) is 0.362. The van der Waals surface area contributed by atoms with Crippen molar-refractivity contribution in [1.29, 1.82) is 0 Å². The predicted octanol–water partition coefficient (Wildman–Crippen LogP) is -0.297. The first-order valence-corrected chi connectivity index (χ1v) is 7.32. The summed E-state index contributed by atoms with van der Waals surface area (Å²) in [7, 11) is 0. The molecule has 0 bridgehead atoms. The molecule has 7 nitrogen and oxygen atoms in total. The zero-order chi connectivity index (χ0) is 13.9. The highest BCUT2D eigenvalue weighted by molar-refractivity contribution is 5.92. The Morgan fingerprint density at radius 3 is 2.95 bits per heavy atom. The number of hydrogen-bond acceptors (Lipinski definition) is 5. The van der Waals surface area contributed by atoms with Gasteiger partial charge in [-0.15, -0.1) is 5.10 Å². The molecule has 2 heterocycles. The number of aliphatic hydroxyl groups excluding tert-OH is 1. The van der Waals surface area contributed by atoms with Crippen molar-refractivity contribution in [2.24, 2.45) is 5.92 Å². The van der Waals surface area contributed by atoms with Gasteiger partial charge in [-0.3, -0.25) is 4.79 Å². The average Bonchev–Trinajstić information content (AvgIpc) is 2.87. The van der Waals surface area contributed by atoms with Gasteiger partial charge in [-0.1, -0.05) is 18.1 Å². The van der Waals surface area contributed by atoms with Gasteiger partial charge in [-0.05, 0) is 12.8 Å². The SMILES string of the molecule is O=C(NC1CCCCC1CO)c1cn(C2CNC2)nn1. The Bertz CT molecular complexity index is 471. The second-order valence-electron chi connectivity index (χ2n) is 5.70. The van der Waals surface area contributed by atoms with Gasteiger partial charge in [0.2, 0.25) is 0 Å². The zero-order valence-corrected chi connectivity index (χ0v) is 11.5. The van der Waals surface area contributed by atoms with Crippen molar-refractivity contribution in [2.45, 2.75) is 37.8 Å². The number of rotatable bonds is 4. The summed E-state index contributed by atoms with van der Waals surface area (Å²) in [5.41, 5.74) is 0.360. The Hall–Kier alpha value is -1.47. The van der Waals surface area contributed by atoms with Crippen molar-refractivity contribution in [3.05, 3.63) is 11.9 Å². The van der Waals surface area contributed by atoms with Crippen LogP contribution in [0.3, 0.4) is 0 Å². The molecule has 1 aliphatic carbocycles. The molecule has 1 aromatic heterocycles. The minimum Gasteiger partial charge on any atom is -0.396 e. The topological polar surface area (TPSA) is 92.1 Å². The quantitative estimate of drug-likeness (QED) is 0.704. The van der Waals surface area contributed by atoms with Crippen LogP contribution in [-0.4, -0.2) is 51.7 Å². The Balaban J connectivity index is 1.61. The van der Waals surface area contributed by atoms with Crippen LogP contribution in [0.2, 0.25) is 0 Å². The van der Waals surface area contributed by atoms with Gasteiger partial charge in [0.05, 0.1) is 12.2 Å². The maximum atomic E-state index is 12.2. The third-order valence-corrected chi connectivity index (χ3v) is 4.34. The molecule has 1 amide bonds. The molecule has 1 saturated carbocycles. The fourth-order valence-electron chi connectivity index (χ4n) is 2.88. The lowest BCUT2D eigenvalue weighted by molar-refractivity contribution is 0.0867. The summed E-state index contributed by atoms with van der Waals surface area (Å²) in [5.74, 6) is -0.0209. The highest BCUT2D eigenvalue weighted by Gasteiger charge is 2.27. The molecule has 2 fully saturated rings. The van der Waals surface area contributed by atoms with Crippen molar-refractivity contribution in [3.8, 4) is 0 Å². The molecule has 0 spiro atoms. The van der Waals surface area contributed by atoms with Crippen LogP contribution in [0.5, 0.6) is 0 Å². The molecule has 1 aromatic rings. The first kappa shape index (κ1) is 13.5. The molecule has 2 unspecified atom stereocenters. The zero-order valence-electron chi connectivity index (χ0n) is 11.5. The monoisotopic (exact) mass is 279 g/mol. The van der Waals surface area contributed by atoms with Gasteiger partial charge >= 0.3 is 0 Å². The summed E-state index contributed by atoms with van der Waals surface area (Å²) in [6.45, 7) is 1.88. The number of amides is 1. The first-order valence-electron chi connectivity index (χ1n) is 7.32. The van der Waals surface area contributed by atoms with Crippen LogP contribution in [0.25, 0.3) is 0 Å². The van der Waals surface area contributed by atoms with Gasteiger partial charge in [0, 0.05) is 31.7 Å². The van der Waals surface area contributed by atoms with Crippen molar-refractivity contribution in [3.63, 3.8) is 0 Å². The van der Waals surface area contributed by atoms with E-state index in [0.29, 0.717) is 11.7 Å². The Labute approximate surface area is 117 Å². The molecule has 20 heavy (non-hydrogen) atoms. The molecule has 3 N–H and O–H groups in total. The smallest absolute Gasteiger partial charge is 0.273 e. The summed E-state index contributed by atoms with van der Waals surface area (Å²) >= 11 is 0. The molecular weight excluding hydrogens is 258 g/mol. The van der Waals surface area contributed by atoms with Crippen LogP contribution in [0.15, 0.2) is 6.20 Å². The molecule has 2 aliphatic rings. The summed E-state index contributed by atoms with van der Waals surface area (Å²) < 4.78 is 1.75. The van der Waals surface area contributed by atoms with E-state index in [0.717, 1.165) is 38.8 Å². The van der Waals surface area contributed by atoms with Gasteiger partial charge in [0.15, 0.2) is 5.69 Å². The largest absolute Gasteiger partial charge is 0.396 e. The number of nitrogens with zero attached hydrogens (tertiary/aromatic N) is 3. The van der Waals surface area contributed by atoms with E-state index in [4.69, 9.17) is 0 Å². The third-order valence-electron chi connectivity index (χ3n) is 4.34. The lowest BCUT2D eigenvalue weighted by atomic mass is 9.85. The third kappa shape index (κ3) is 2.69. The van der Waals surface area contributed by atoms with Gasteiger partial charge in [0.1, 0.15) is 0 Å². The van der Waals surface area contributed by atoms with E-state index in [1.54, 1.807) is 10.9 Å². The molecule has 3 rings (SSSR count). The van der Waals surface area contributed by atoms with Crippen molar-refractivity contribution < 1.29 is 9.90 Å². The molecule has 2 atom stereocenters. The predicted molar refractivity (Wildman–Crippen MR) is 72.2 cm³/mol. The van der Waals surface area contributed by atoms with Gasteiger partial charge < -0.3 is 15.7 Å². The molecule has 7 heteroatoms. The molecule has 0 radical (unpaired) electrons. The average molecular weight is 279 g/mol. The molecule has 0 aromatic carbocycles. The van der Waals surface area contributed by atoms with Crippen molar-refractivity contribution in [2.75, 3.05) is 19.7 Å². The fraction of sp³-hybridized carbons (Fsp3) is 0.769. The number of hydrogen-bond donors (Lipinski definition) is 3. The lowest BCUT2D eigenvalue weighted by Gasteiger charge is -2.30. The van der Waals surface area contributed by atoms with E-state index >= 15 is 0 Å². The normalized spacial score (nSPS) is 27.1. The molecule has 1 saturated heterocycles. The van der Waals surface area contributed by atoms with Crippen molar-refractivity contribution in [1.82, 2.24) is 25.6 Å². The molecule has 1 aliphatic heterocycles. The molecule has 110 valence electrons. The van der Waals surface area contributed by atoms with Crippen LogP contribution in [0.4, 0.5) is 0 Å². The van der Waals surface area contributed by atoms with Crippen molar-refractivity contribution >= 4 is 5.91 Å². The molecular formula is C13H21N5O2. The van der Waals surface area contributed by atoms with Crippen LogP contribution in [-0.2, 0) is 0 Å². The van der Waals surface area contributed by atoms with E-state index in [-0.39, 0.29) is 24.5 Å². The van der Waals surface area contributed by atoms with Gasteiger partial charge in [0.25, 0.3) is 5.91 Å².